The molecular formula is C14H20N2. The van der Waals surface area contributed by atoms with Crippen LogP contribution < -0.4 is 0 Å². The van der Waals surface area contributed by atoms with Gasteiger partial charge in [-0.2, -0.15) is 0 Å². The Bertz CT molecular complexity index is 368. The highest BCUT2D eigenvalue weighted by Crippen LogP contribution is 2.33. The van der Waals surface area contributed by atoms with Crippen LogP contribution in [0.3, 0.4) is 0 Å². The molecule has 0 bridgehead atoms. The van der Waals surface area contributed by atoms with Gasteiger partial charge in [-0.25, -0.2) is 0 Å². The van der Waals surface area contributed by atoms with Crippen molar-refractivity contribution in [3.05, 3.63) is 35.1 Å². The molecule has 0 N–H and O–H groups in total. The predicted octanol–water partition coefficient (Wildman–Crippen LogP) is 2.17. The van der Waals surface area contributed by atoms with Crippen molar-refractivity contribution in [3.8, 4) is 0 Å². The molecule has 0 unspecified atom stereocenters. The highest BCUT2D eigenvalue weighted by molar-refractivity contribution is 5.45. The van der Waals surface area contributed by atoms with Crippen LogP contribution in [-0.4, -0.2) is 43.0 Å². The van der Waals surface area contributed by atoms with Gasteiger partial charge < -0.3 is 9.80 Å². The summed E-state index contributed by atoms with van der Waals surface area (Å²) in [6, 6.07) is 0. The van der Waals surface area contributed by atoms with Crippen LogP contribution in [-0.2, 0) is 0 Å². The van der Waals surface area contributed by atoms with Crippen LogP contribution in [0.4, 0.5) is 0 Å². The minimum Gasteiger partial charge on any atom is -0.369 e. The Morgan fingerprint density at radius 3 is 2.62 bits per heavy atom. The highest BCUT2D eigenvalue weighted by atomic mass is 15.2. The van der Waals surface area contributed by atoms with Crippen LogP contribution in [0.15, 0.2) is 35.1 Å². The molecule has 16 heavy (non-hydrogen) atoms. The van der Waals surface area contributed by atoms with Gasteiger partial charge >= 0.3 is 0 Å². The number of hydrogen-bond acceptors (Lipinski definition) is 2. The minimum atomic E-state index is 1.16. The van der Waals surface area contributed by atoms with Gasteiger partial charge in [0.25, 0.3) is 0 Å². The van der Waals surface area contributed by atoms with Gasteiger partial charge in [-0.15, -0.1) is 0 Å². The van der Waals surface area contributed by atoms with Gasteiger partial charge in [0.1, 0.15) is 0 Å². The van der Waals surface area contributed by atoms with E-state index in [-0.39, 0.29) is 0 Å². The van der Waals surface area contributed by atoms with Crippen molar-refractivity contribution in [3.63, 3.8) is 0 Å². The van der Waals surface area contributed by atoms with Crippen molar-refractivity contribution in [2.75, 3.05) is 33.2 Å². The molecule has 86 valence electrons. The van der Waals surface area contributed by atoms with Gasteiger partial charge in [0, 0.05) is 31.9 Å². The molecule has 0 radical (unpaired) electrons. The summed E-state index contributed by atoms with van der Waals surface area (Å²) in [5, 5.41) is 0. The zero-order chi connectivity index (χ0) is 11.0. The first kappa shape index (κ1) is 10.2. The van der Waals surface area contributed by atoms with E-state index in [0.29, 0.717) is 0 Å². The second kappa shape index (κ2) is 4.10. The molecule has 0 aromatic rings. The summed E-state index contributed by atoms with van der Waals surface area (Å²) >= 11 is 0. The van der Waals surface area contributed by atoms with Crippen molar-refractivity contribution in [2.45, 2.75) is 19.3 Å². The van der Waals surface area contributed by atoms with E-state index in [1.165, 1.54) is 44.7 Å². The van der Waals surface area contributed by atoms with E-state index in [2.05, 4.69) is 35.1 Å². The maximum Gasteiger partial charge on any atom is 0.0332 e. The third-order valence-corrected chi connectivity index (χ3v) is 3.94. The Balaban J connectivity index is 1.72. The summed E-state index contributed by atoms with van der Waals surface area (Å²) in [5.74, 6) is 0. The number of rotatable bonds is 1. The number of nitrogens with zero attached hydrogens (tertiary/aromatic N) is 2. The van der Waals surface area contributed by atoms with Crippen LogP contribution in [0.5, 0.6) is 0 Å². The van der Waals surface area contributed by atoms with Gasteiger partial charge in [-0.1, -0.05) is 12.2 Å². The zero-order valence-corrected chi connectivity index (χ0v) is 10.1. The fourth-order valence-electron chi connectivity index (χ4n) is 2.81. The molecule has 1 fully saturated rings. The molecule has 0 aromatic heterocycles. The molecule has 2 aliphatic carbocycles. The second-order valence-electron chi connectivity index (χ2n) is 5.06. The molecule has 1 heterocycles. The third kappa shape index (κ3) is 1.82. The molecule has 0 aromatic carbocycles. The number of fused-ring (bicyclic) bond motifs is 1. The molecule has 1 aliphatic heterocycles. The standard InChI is InChI=1S/C14H20N2/c1-15-7-9-16(10-8-15)14-6-5-12-3-2-4-13(12)11-14/h3,6,11H,2,4-5,7-10H2,1H3. The van der Waals surface area contributed by atoms with E-state index in [0.717, 1.165) is 6.42 Å². The van der Waals surface area contributed by atoms with Crippen molar-refractivity contribution < 1.29 is 0 Å². The first-order valence-corrected chi connectivity index (χ1v) is 6.36. The molecular weight excluding hydrogens is 196 g/mol. The summed E-state index contributed by atoms with van der Waals surface area (Å²) in [6.45, 7) is 4.77. The van der Waals surface area contributed by atoms with Gasteiger partial charge in [-0.3, -0.25) is 0 Å². The van der Waals surface area contributed by atoms with Gasteiger partial charge in [0.15, 0.2) is 0 Å². The van der Waals surface area contributed by atoms with Crippen LogP contribution in [0.1, 0.15) is 19.3 Å². The van der Waals surface area contributed by atoms with Gasteiger partial charge in [0.2, 0.25) is 0 Å². The summed E-state index contributed by atoms with van der Waals surface area (Å²) in [5.41, 5.74) is 4.65. The van der Waals surface area contributed by atoms with E-state index in [4.69, 9.17) is 0 Å². The lowest BCUT2D eigenvalue weighted by Gasteiger charge is -2.35. The van der Waals surface area contributed by atoms with E-state index < -0.39 is 0 Å². The maximum absolute atomic E-state index is 2.54. The highest BCUT2D eigenvalue weighted by Gasteiger charge is 2.20. The topological polar surface area (TPSA) is 6.48 Å². The Labute approximate surface area is 97.9 Å². The largest absolute Gasteiger partial charge is 0.369 e. The maximum atomic E-state index is 2.54. The number of allylic oxidation sites excluding steroid dienone is 5. The lowest BCUT2D eigenvalue weighted by Crippen LogP contribution is -2.43. The van der Waals surface area contributed by atoms with Crippen LogP contribution in [0.25, 0.3) is 0 Å². The molecule has 2 nitrogen and oxygen atoms in total. The molecule has 0 saturated carbocycles. The fourth-order valence-corrected chi connectivity index (χ4v) is 2.81. The Hall–Kier alpha value is -1.02. The first-order chi connectivity index (χ1) is 7.83. The van der Waals surface area contributed by atoms with E-state index in [1.807, 2.05) is 0 Å². The van der Waals surface area contributed by atoms with Gasteiger partial charge in [-0.05, 0) is 43.5 Å². The summed E-state index contributed by atoms with van der Waals surface area (Å²) in [6.07, 6.45) is 10.9. The van der Waals surface area contributed by atoms with Crippen molar-refractivity contribution >= 4 is 0 Å². The minimum absolute atomic E-state index is 1.16. The van der Waals surface area contributed by atoms with Crippen LogP contribution in [0.2, 0.25) is 0 Å². The Morgan fingerprint density at radius 1 is 1.00 bits per heavy atom. The Morgan fingerprint density at radius 2 is 1.81 bits per heavy atom. The van der Waals surface area contributed by atoms with E-state index >= 15 is 0 Å². The van der Waals surface area contributed by atoms with Crippen LogP contribution >= 0.6 is 0 Å². The van der Waals surface area contributed by atoms with E-state index in [9.17, 15) is 0 Å². The first-order valence-electron chi connectivity index (χ1n) is 6.36. The molecule has 0 amide bonds. The normalized spacial score (nSPS) is 26.1. The Kier molecular flexibility index (Phi) is 2.60. The quantitative estimate of drug-likeness (QED) is 0.663. The summed E-state index contributed by atoms with van der Waals surface area (Å²) in [7, 11) is 2.21. The van der Waals surface area contributed by atoms with Crippen LogP contribution in [0, 0.1) is 0 Å². The average molecular weight is 216 g/mol. The third-order valence-electron chi connectivity index (χ3n) is 3.94. The summed E-state index contributed by atoms with van der Waals surface area (Å²) in [4.78, 5) is 4.95. The second-order valence-corrected chi connectivity index (χ2v) is 5.06. The lowest BCUT2D eigenvalue weighted by atomic mass is 9.98. The molecule has 1 saturated heterocycles. The smallest absolute Gasteiger partial charge is 0.0332 e. The summed E-state index contributed by atoms with van der Waals surface area (Å²) < 4.78 is 0. The molecule has 3 aliphatic rings. The number of piperazine rings is 1. The van der Waals surface area contributed by atoms with Crippen molar-refractivity contribution in [1.29, 1.82) is 0 Å². The predicted molar refractivity (Wildman–Crippen MR) is 67.2 cm³/mol. The monoisotopic (exact) mass is 216 g/mol. The molecule has 0 spiro atoms. The fraction of sp³-hybridized carbons (Fsp3) is 0.571. The lowest BCUT2D eigenvalue weighted by molar-refractivity contribution is 0.189. The van der Waals surface area contributed by atoms with Gasteiger partial charge in [0.05, 0.1) is 0 Å². The van der Waals surface area contributed by atoms with Crippen molar-refractivity contribution in [2.24, 2.45) is 0 Å². The average Bonchev–Trinajstić information content (AvgIpc) is 2.77. The zero-order valence-electron chi connectivity index (χ0n) is 10.1. The SMILES string of the molecule is CN1CCN(C2=CCC3=CCCC3=C2)CC1. The number of likely N-dealkylation sites (N-methyl/N-ethyl adjacent to an activating group) is 1. The molecule has 3 rings (SSSR count). The van der Waals surface area contributed by atoms with Crippen molar-refractivity contribution in [1.82, 2.24) is 9.80 Å². The number of hydrogen-bond donors (Lipinski definition) is 0. The molecule has 0 atom stereocenters. The van der Waals surface area contributed by atoms with E-state index in [1.54, 1.807) is 11.1 Å². The molecule has 2 heteroatoms.